The first-order valence-corrected chi connectivity index (χ1v) is 6.35. The summed E-state index contributed by atoms with van der Waals surface area (Å²) in [6.07, 6.45) is 3.48. The molecule has 3 heteroatoms. The Kier molecular flexibility index (Phi) is 2.63. The van der Waals surface area contributed by atoms with Gasteiger partial charge in [0.05, 0.1) is 0 Å². The van der Waals surface area contributed by atoms with Gasteiger partial charge in [-0.15, -0.1) is 0 Å². The highest BCUT2D eigenvalue weighted by atomic mass is 16.3. The summed E-state index contributed by atoms with van der Waals surface area (Å²) >= 11 is 0. The highest BCUT2D eigenvalue weighted by Crippen LogP contribution is 2.29. The summed E-state index contributed by atoms with van der Waals surface area (Å²) < 4.78 is 5.85. The number of oxazole rings is 1. The topological polar surface area (TPSA) is 38.9 Å². The zero-order valence-electron chi connectivity index (χ0n) is 11.3. The summed E-state index contributed by atoms with van der Waals surface area (Å²) in [5.41, 5.74) is 4.03. The fraction of sp³-hybridized carbons (Fsp3) is 0.250. The minimum absolute atomic E-state index is 0.109. The fourth-order valence-corrected chi connectivity index (χ4v) is 2.01. The monoisotopic (exact) mass is 252 g/mol. The van der Waals surface area contributed by atoms with Crippen molar-refractivity contribution in [2.24, 2.45) is 0 Å². The van der Waals surface area contributed by atoms with Crippen LogP contribution in [0.2, 0.25) is 0 Å². The molecule has 0 saturated carbocycles. The van der Waals surface area contributed by atoms with Crippen molar-refractivity contribution >= 4 is 11.1 Å². The molecule has 0 aliphatic heterocycles. The van der Waals surface area contributed by atoms with E-state index in [-0.39, 0.29) is 5.41 Å². The highest BCUT2D eigenvalue weighted by Gasteiger charge is 2.16. The van der Waals surface area contributed by atoms with Crippen LogP contribution in [0.5, 0.6) is 0 Å². The second-order valence-corrected chi connectivity index (χ2v) is 5.69. The Labute approximate surface area is 112 Å². The predicted octanol–water partition coefficient (Wildman–Crippen LogP) is 4.19. The minimum Gasteiger partial charge on any atom is -0.436 e. The molecule has 0 aliphatic carbocycles. The number of nitrogens with zero attached hydrogens (tertiary/aromatic N) is 2. The van der Waals surface area contributed by atoms with Crippen LogP contribution in [0.15, 0.2) is 47.1 Å². The first-order chi connectivity index (χ1) is 9.04. The molecule has 2 heterocycles. The van der Waals surface area contributed by atoms with Crippen LogP contribution in [-0.4, -0.2) is 9.97 Å². The van der Waals surface area contributed by atoms with Crippen LogP contribution in [-0.2, 0) is 5.41 Å². The maximum atomic E-state index is 5.85. The number of fused-ring (bicyclic) bond motifs is 1. The third-order valence-corrected chi connectivity index (χ3v) is 3.18. The molecule has 2 aromatic heterocycles. The van der Waals surface area contributed by atoms with Gasteiger partial charge < -0.3 is 4.42 Å². The van der Waals surface area contributed by atoms with E-state index in [0.717, 1.165) is 16.7 Å². The molecule has 3 aromatic rings. The zero-order valence-corrected chi connectivity index (χ0v) is 11.3. The van der Waals surface area contributed by atoms with Crippen molar-refractivity contribution in [3.05, 3.63) is 48.3 Å². The molecule has 0 atom stereocenters. The largest absolute Gasteiger partial charge is 0.436 e. The van der Waals surface area contributed by atoms with Crippen LogP contribution >= 0.6 is 0 Å². The maximum Gasteiger partial charge on any atom is 0.227 e. The van der Waals surface area contributed by atoms with E-state index in [9.17, 15) is 0 Å². The van der Waals surface area contributed by atoms with Gasteiger partial charge in [-0.05, 0) is 35.2 Å². The Hall–Kier alpha value is -2.16. The van der Waals surface area contributed by atoms with Gasteiger partial charge in [-0.25, -0.2) is 4.98 Å². The predicted molar refractivity (Wildman–Crippen MR) is 75.9 cm³/mol. The standard InChI is InChI=1S/C16H16N2O/c1-16(2,3)12-4-5-13-14(10-12)19-15(18-13)11-6-8-17-9-7-11/h4-10H,1-3H3. The molecule has 3 nitrogen and oxygen atoms in total. The first kappa shape index (κ1) is 11.9. The Bertz CT molecular complexity index is 708. The second-order valence-electron chi connectivity index (χ2n) is 5.69. The fourth-order valence-electron chi connectivity index (χ4n) is 2.01. The SMILES string of the molecule is CC(C)(C)c1ccc2nc(-c3ccncc3)oc2c1. The van der Waals surface area contributed by atoms with Gasteiger partial charge in [-0.2, -0.15) is 0 Å². The molecule has 3 rings (SSSR count). The van der Waals surface area contributed by atoms with Crippen molar-refractivity contribution in [1.29, 1.82) is 0 Å². The summed E-state index contributed by atoms with van der Waals surface area (Å²) in [7, 11) is 0. The number of rotatable bonds is 1. The molecule has 0 amide bonds. The number of hydrogen-bond acceptors (Lipinski definition) is 3. The van der Waals surface area contributed by atoms with Gasteiger partial charge in [0.25, 0.3) is 0 Å². The molecular weight excluding hydrogens is 236 g/mol. The average Bonchev–Trinajstić information content (AvgIpc) is 2.81. The Balaban J connectivity index is 2.12. The van der Waals surface area contributed by atoms with Gasteiger partial charge in [0.1, 0.15) is 5.52 Å². The van der Waals surface area contributed by atoms with Gasteiger partial charge in [0.2, 0.25) is 5.89 Å². The highest BCUT2D eigenvalue weighted by molar-refractivity contribution is 5.77. The lowest BCUT2D eigenvalue weighted by molar-refractivity contribution is 0.584. The van der Waals surface area contributed by atoms with Crippen molar-refractivity contribution in [1.82, 2.24) is 9.97 Å². The third kappa shape index (κ3) is 2.24. The normalized spacial score (nSPS) is 11.9. The lowest BCUT2D eigenvalue weighted by Gasteiger charge is -2.18. The second kappa shape index (κ2) is 4.19. The van der Waals surface area contributed by atoms with Crippen molar-refractivity contribution in [3.8, 4) is 11.5 Å². The number of pyridine rings is 1. The van der Waals surface area contributed by atoms with Crippen molar-refractivity contribution < 1.29 is 4.42 Å². The summed E-state index contributed by atoms with van der Waals surface area (Å²) in [6.45, 7) is 6.57. The minimum atomic E-state index is 0.109. The molecule has 96 valence electrons. The van der Waals surface area contributed by atoms with Crippen LogP contribution < -0.4 is 0 Å². The van der Waals surface area contributed by atoms with E-state index in [2.05, 4.69) is 42.9 Å². The van der Waals surface area contributed by atoms with E-state index >= 15 is 0 Å². The number of benzene rings is 1. The summed E-state index contributed by atoms with van der Waals surface area (Å²) in [5, 5.41) is 0. The third-order valence-electron chi connectivity index (χ3n) is 3.18. The molecular formula is C16H16N2O. The summed E-state index contributed by atoms with van der Waals surface area (Å²) in [4.78, 5) is 8.51. The molecule has 19 heavy (non-hydrogen) atoms. The molecule has 0 N–H and O–H groups in total. The molecule has 0 bridgehead atoms. The summed E-state index contributed by atoms with van der Waals surface area (Å²) in [5.74, 6) is 0.642. The van der Waals surface area contributed by atoms with E-state index in [1.165, 1.54) is 5.56 Å². The van der Waals surface area contributed by atoms with Gasteiger partial charge >= 0.3 is 0 Å². The van der Waals surface area contributed by atoms with Crippen LogP contribution in [0.25, 0.3) is 22.6 Å². The molecule has 0 aliphatic rings. The van der Waals surface area contributed by atoms with E-state index in [0.29, 0.717) is 5.89 Å². The molecule has 1 aromatic carbocycles. The van der Waals surface area contributed by atoms with Crippen molar-refractivity contribution in [2.75, 3.05) is 0 Å². The maximum absolute atomic E-state index is 5.85. The van der Waals surface area contributed by atoms with Crippen LogP contribution in [0, 0.1) is 0 Å². The van der Waals surface area contributed by atoms with Crippen molar-refractivity contribution in [3.63, 3.8) is 0 Å². The van der Waals surface area contributed by atoms with Gasteiger partial charge in [-0.1, -0.05) is 26.8 Å². The molecule has 0 radical (unpaired) electrons. The molecule has 0 fully saturated rings. The van der Waals surface area contributed by atoms with E-state index in [1.54, 1.807) is 12.4 Å². The van der Waals surface area contributed by atoms with E-state index < -0.39 is 0 Å². The van der Waals surface area contributed by atoms with Crippen LogP contribution in [0.4, 0.5) is 0 Å². The number of hydrogen-bond donors (Lipinski definition) is 0. The average molecular weight is 252 g/mol. The van der Waals surface area contributed by atoms with E-state index in [4.69, 9.17) is 4.42 Å². The zero-order chi connectivity index (χ0) is 13.5. The quantitative estimate of drug-likeness (QED) is 0.652. The molecule has 0 spiro atoms. The Morgan fingerprint density at radius 1 is 1.00 bits per heavy atom. The van der Waals surface area contributed by atoms with Gasteiger partial charge in [-0.3, -0.25) is 4.98 Å². The van der Waals surface area contributed by atoms with E-state index in [1.807, 2.05) is 18.2 Å². The smallest absolute Gasteiger partial charge is 0.227 e. The first-order valence-electron chi connectivity index (χ1n) is 6.35. The lowest BCUT2D eigenvalue weighted by atomic mass is 9.87. The number of aromatic nitrogens is 2. The Morgan fingerprint density at radius 3 is 2.42 bits per heavy atom. The van der Waals surface area contributed by atoms with Crippen LogP contribution in [0.3, 0.4) is 0 Å². The molecule has 0 saturated heterocycles. The molecule has 0 unspecified atom stereocenters. The Morgan fingerprint density at radius 2 is 1.74 bits per heavy atom. The summed E-state index contributed by atoms with van der Waals surface area (Å²) in [6, 6.07) is 10.0. The van der Waals surface area contributed by atoms with Crippen molar-refractivity contribution in [2.45, 2.75) is 26.2 Å². The van der Waals surface area contributed by atoms with Gasteiger partial charge in [0, 0.05) is 18.0 Å². The lowest BCUT2D eigenvalue weighted by Crippen LogP contribution is -2.10. The van der Waals surface area contributed by atoms with Crippen LogP contribution in [0.1, 0.15) is 26.3 Å². The van der Waals surface area contributed by atoms with Gasteiger partial charge in [0.15, 0.2) is 5.58 Å².